The van der Waals surface area contributed by atoms with Crippen LogP contribution in [0.1, 0.15) is 20.3 Å². The van der Waals surface area contributed by atoms with E-state index in [1.165, 1.54) is 6.07 Å². The Bertz CT molecular complexity index is 247. The van der Waals surface area contributed by atoms with E-state index in [-0.39, 0.29) is 11.9 Å². The number of rotatable bonds is 3. The molecule has 65 valence electrons. The second-order valence-electron chi connectivity index (χ2n) is 2.70. The molecule has 0 aliphatic carbocycles. The molecule has 0 saturated heterocycles. The first-order chi connectivity index (χ1) is 5.72. The Morgan fingerprint density at radius 1 is 1.58 bits per heavy atom. The van der Waals surface area contributed by atoms with E-state index < -0.39 is 0 Å². The average molecular weight is 167 g/mol. The van der Waals surface area contributed by atoms with Crippen LogP contribution in [0.4, 0.5) is 4.39 Å². The zero-order valence-corrected chi connectivity index (χ0v) is 7.30. The first-order valence-corrected chi connectivity index (χ1v) is 4.07. The van der Waals surface area contributed by atoms with Crippen molar-refractivity contribution in [2.45, 2.75) is 26.4 Å². The highest BCUT2D eigenvalue weighted by Gasteiger charge is 2.01. The van der Waals surface area contributed by atoms with Gasteiger partial charge in [0.15, 0.2) is 0 Å². The standard InChI is InChI=1S/C10H12FO/c1-3-8(2)12-10-6-4-5-9(11)7-10/h4-6,8H,3H2,1-2H3. The fourth-order valence-corrected chi connectivity index (χ4v) is 0.790. The molecule has 1 nitrogen and oxygen atoms in total. The van der Waals surface area contributed by atoms with E-state index in [1.807, 2.05) is 13.8 Å². The van der Waals surface area contributed by atoms with Crippen LogP contribution in [0.5, 0.6) is 5.75 Å². The predicted molar refractivity (Wildman–Crippen MR) is 45.6 cm³/mol. The van der Waals surface area contributed by atoms with Crippen molar-refractivity contribution in [2.75, 3.05) is 0 Å². The Hall–Kier alpha value is -1.05. The van der Waals surface area contributed by atoms with Crippen molar-refractivity contribution in [1.29, 1.82) is 0 Å². The predicted octanol–water partition coefficient (Wildman–Crippen LogP) is 2.80. The molecule has 0 fully saturated rings. The molecule has 1 rings (SSSR count). The lowest BCUT2D eigenvalue weighted by Gasteiger charge is -2.11. The molecule has 0 N–H and O–H groups in total. The Labute approximate surface area is 72.2 Å². The summed E-state index contributed by atoms with van der Waals surface area (Å²) in [5, 5.41) is 0. The Balaban J connectivity index is 2.63. The van der Waals surface area contributed by atoms with Gasteiger partial charge in [-0.05, 0) is 25.5 Å². The molecular formula is C10H12FO. The number of ether oxygens (including phenoxy) is 1. The summed E-state index contributed by atoms with van der Waals surface area (Å²) in [6.45, 7) is 3.96. The molecule has 0 amide bonds. The van der Waals surface area contributed by atoms with E-state index in [1.54, 1.807) is 12.1 Å². The summed E-state index contributed by atoms with van der Waals surface area (Å²) in [5.74, 6) is 0.0974. The van der Waals surface area contributed by atoms with Gasteiger partial charge in [-0.1, -0.05) is 13.0 Å². The Morgan fingerprint density at radius 3 is 2.92 bits per heavy atom. The highest BCUT2D eigenvalue weighted by molar-refractivity contribution is 5.20. The maximum atomic E-state index is 12.6. The highest BCUT2D eigenvalue weighted by atomic mass is 19.1. The van der Waals surface area contributed by atoms with Crippen molar-refractivity contribution in [1.82, 2.24) is 0 Å². The van der Waals surface area contributed by atoms with E-state index >= 15 is 0 Å². The van der Waals surface area contributed by atoms with Crippen LogP contribution in [0.25, 0.3) is 0 Å². The zero-order valence-electron chi connectivity index (χ0n) is 7.30. The largest absolute Gasteiger partial charge is 0.490 e. The van der Waals surface area contributed by atoms with Crippen LogP contribution in [0.3, 0.4) is 0 Å². The molecule has 1 aromatic carbocycles. The average Bonchev–Trinajstić information content (AvgIpc) is 2.04. The summed E-state index contributed by atoms with van der Waals surface area (Å²) in [6, 6.07) is 7.15. The van der Waals surface area contributed by atoms with Gasteiger partial charge in [0, 0.05) is 0 Å². The quantitative estimate of drug-likeness (QED) is 0.672. The van der Waals surface area contributed by atoms with Crippen molar-refractivity contribution in [3.63, 3.8) is 0 Å². The molecule has 1 unspecified atom stereocenters. The van der Waals surface area contributed by atoms with Crippen LogP contribution >= 0.6 is 0 Å². The third-order valence-corrected chi connectivity index (χ3v) is 1.64. The molecule has 2 heteroatoms. The lowest BCUT2D eigenvalue weighted by Crippen LogP contribution is -2.09. The first-order valence-electron chi connectivity index (χ1n) is 4.07. The van der Waals surface area contributed by atoms with Gasteiger partial charge in [0.1, 0.15) is 11.6 Å². The summed E-state index contributed by atoms with van der Waals surface area (Å²) in [7, 11) is 0. The minimum absolute atomic E-state index is 0.114. The van der Waals surface area contributed by atoms with Crippen molar-refractivity contribution in [3.8, 4) is 5.75 Å². The van der Waals surface area contributed by atoms with Crippen LogP contribution in [-0.4, -0.2) is 6.10 Å². The minimum Gasteiger partial charge on any atom is -0.490 e. The van der Waals surface area contributed by atoms with E-state index in [4.69, 9.17) is 4.74 Å². The van der Waals surface area contributed by atoms with Gasteiger partial charge in [0.25, 0.3) is 0 Å². The zero-order chi connectivity index (χ0) is 8.97. The third-order valence-electron chi connectivity index (χ3n) is 1.64. The molecule has 0 aliphatic rings. The molecule has 0 saturated carbocycles. The maximum absolute atomic E-state index is 12.6. The van der Waals surface area contributed by atoms with Gasteiger partial charge in [-0.3, -0.25) is 0 Å². The van der Waals surface area contributed by atoms with Gasteiger partial charge in [-0.2, -0.15) is 0 Å². The van der Waals surface area contributed by atoms with Gasteiger partial charge in [-0.25, -0.2) is 4.39 Å². The molecule has 12 heavy (non-hydrogen) atoms. The summed E-state index contributed by atoms with van der Waals surface area (Å²) in [6.07, 6.45) is 1.02. The van der Waals surface area contributed by atoms with Gasteiger partial charge < -0.3 is 4.74 Å². The molecule has 0 spiro atoms. The summed E-state index contributed by atoms with van der Waals surface area (Å²) >= 11 is 0. The Kier molecular flexibility index (Phi) is 3.09. The monoisotopic (exact) mass is 167 g/mol. The van der Waals surface area contributed by atoms with E-state index in [2.05, 4.69) is 6.07 Å². The number of benzene rings is 1. The van der Waals surface area contributed by atoms with E-state index in [0.717, 1.165) is 6.42 Å². The van der Waals surface area contributed by atoms with Crippen molar-refractivity contribution in [2.24, 2.45) is 0 Å². The molecule has 1 radical (unpaired) electrons. The lowest BCUT2D eigenvalue weighted by atomic mass is 10.3. The molecule has 0 heterocycles. The van der Waals surface area contributed by atoms with Crippen molar-refractivity contribution in [3.05, 3.63) is 30.1 Å². The van der Waals surface area contributed by atoms with Crippen LogP contribution in [0.15, 0.2) is 18.2 Å². The molecule has 0 bridgehead atoms. The van der Waals surface area contributed by atoms with E-state index in [0.29, 0.717) is 5.75 Å². The van der Waals surface area contributed by atoms with Gasteiger partial charge in [0.2, 0.25) is 0 Å². The van der Waals surface area contributed by atoms with Gasteiger partial charge >= 0.3 is 0 Å². The fourth-order valence-electron chi connectivity index (χ4n) is 0.790. The Morgan fingerprint density at radius 2 is 2.33 bits per heavy atom. The van der Waals surface area contributed by atoms with E-state index in [9.17, 15) is 4.39 Å². The third kappa shape index (κ3) is 2.53. The molecule has 1 atom stereocenters. The summed E-state index contributed by atoms with van der Waals surface area (Å²) in [4.78, 5) is 0. The summed E-state index contributed by atoms with van der Waals surface area (Å²) < 4.78 is 17.9. The molecule has 0 aromatic heterocycles. The van der Waals surface area contributed by atoms with Crippen LogP contribution in [0.2, 0.25) is 0 Å². The number of halogens is 1. The van der Waals surface area contributed by atoms with Crippen LogP contribution in [-0.2, 0) is 0 Å². The molecule has 0 aliphatic heterocycles. The fraction of sp³-hybridized carbons (Fsp3) is 0.400. The lowest BCUT2D eigenvalue weighted by molar-refractivity contribution is 0.216. The first kappa shape index (κ1) is 9.04. The van der Waals surface area contributed by atoms with Gasteiger partial charge in [0.05, 0.1) is 12.2 Å². The van der Waals surface area contributed by atoms with Crippen LogP contribution in [0, 0.1) is 11.9 Å². The molecular weight excluding hydrogens is 155 g/mol. The van der Waals surface area contributed by atoms with Crippen molar-refractivity contribution >= 4 is 0 Å². The minimum atomic E-state index is -0.379. The van der Waals surface area contributed by atoms with Crippen molar-refractivity contribution < 1.29 is 9.13 Å². The van der Waals surface area contributed by atoms with Gasteiger partial charge in [-0.15, -0.1) is 0 Å². The number of hydrogen-bond acceptors (Lipinski definition) is 1. The SMILES string of the molecule is CCC(C)Oc1[c]c(F)ccc1. The second-order valence-corrected chi connectivity index (χ2v) is 2.70. The van der Waals surface area contributed by atoms with Crippen LogP contribution < -0.4 is 4.74 Å². The maximum Gasteiger partial charge on any atom is 0.135 e. The normalized spacial score (nSPS) is 12.6. The number of hydrogen-bond donors (Lipinski definition) is 0. The second kappa shape index (κ2) is 4.10. The molecule has 1 aromatic rings. The topological polar surface area (TPSA) is 9.23 Å². The smallest absolute Gasteiger partial charge is 0.135 e. The summed E-state index contributed by atoms with van der Waals surface area (Å²) in [5.41, 5.74) is 0. The highest BCUT2D eigenvalue weighted by Crippen LogP contribution is 2.13.